The Hall–Kier alpha value is -2.01. The molecule has 0 saturated heterocycles. The van der Waals surface area contributed by atoms with Crippen LogP contribution in [0.1, 0.15) is 0 Å². The van der Waals surface area contributed by atoms with E-state index in [-0.39, 0.29) is 4.90 Å². The van der Waals surface area contributed by atoms with E-state index < -0.39 is 20.3 Å². The number of benzene rings is 2. The fraction of sp³-hybridized carbons (Fsp3) is 0.133. The summed E-state index contributed by atoms with van der Waals surface area (Å²) < 4.78 is 24.0. The Kier molecular flexibility index (Phi) is 4.47. The number of nitrogens with zero attached hydrogens (tertiary/aromatic N) is 1. The Bertz CT molecular complexity index is 762. The summed E-state index contributed by atoms with van der Waals surface area (Å²) in [4.78, 5) is 14.3. The summed E-state index contributed by atoms with van der Waals surface area (Å²) in [6.45, 7) is 0. The van der Waals surface area contributed by atoms with Crippen LogP contribution in [0.4, 0.5) is 5.69 Å². The summed E-state index contributed by atoms with van der Waals surface area (Å²) in [5.74, 6) is -0.470. The molecule has 0 N–H and O–H groups in total. The second-order valence-corrected chi connectivity index (χ2v) is 8.03. The van der Waals surface area contributed by atoms with Crippen molar-refractivity contribution in [3.63, 3.8) is 0 Å². The molecule has 1 amide bonds. The standard InChI is InChI=1S/C15H17B2NO3S/c1-18(12-8-4-2-5-9-12)14(19)15(16,17)22(20,21)13-10-6-3-7-11-13/h2-11H,16-17H2,1H3. The van der Waals surface area contributed by atoms with E-state index >= 15 is 0 Å². The number of amides is 1. The lowest BCUT2D eigenvalue weighted by Gasteiger charge is -2.29. The van der Waals surface area contributed by atoms with Crippen molar-refractivity contribution in [2.24, 2.45) is 0 Å². The predicted molar refractivity (Wildman–Crippen MR) is 93.3 cm³/mol. The van der Waals surface area contributed by atoms with E-state index in [9.17, 15) is 13.2 Å². The minimum Gasteiger partial charge on any atom is -0.315 e. The fourth-order valence-corrected chi connectivity index (χ4v) is 3.65. The second-order valence-electron chi connectivity index (χ2n) is 5.53. The molecule has 112 valence electrons. The molecule has 0 atom stereocenters. The minimum atomic E-state index is -3.78. The quantitative estimate of drug-likeness (QED) is 0.749. The predicted octanol–water partition coefficient (Wildman–Crippen LogP) is 0.0433. The molecule has 0 spiro atoms. The van der Waals surface area contributed by atoms with Crippen LogP contribution in [-0.2, 0) is 14.6 Å². The third-order valence-corrected chi connectivity index (χ3v) is 6.10. The highest BCUT2D eigenvalue weighted by atomic mass is 32.2. The van der Waals surface area contributed by atoms with Gasteiger partial charge in [-0.05, 0) is 24.3 Å². The summed E-state index contributed by atoms with van der Waals surface area (Å²) in [7, 11) is 0.684. The Morgan fingerprint density at radius 1 is 0.955 bits per heavy atom. The van der Waals surface area contributed by atoms with Gasteiger partial charge in [0.05, 0.1) is 9.44 Å². The smallest absolute Gasteiger partial charge is 0.231 e. The van der Waals surface area contributed by atoms with Gasteiger partial charge in [0.2, 0.25) is 5.91 Å². The molecule has 2 rings (SSSR count). The SMILES string of the molecule is BC(B)(C(=O)N(C)c1ccccc1)S(=O)(=O)c1ccccc1. The van der Waals surface area contributed by atoms with Crippen LogP contribution >= 0.6 is 0 Å². The number of para-hydroxylation sites is 1. The van der Waals surface area contributed by atoms with Crippen molar-refractivity contribution in [3.05, 3.63) is 60.7 Å². The number of sulfone groups is 1. The lowest BCUT2D eigenvalue weighted by atomic mass is 9.68. The van der Waals surface area contributed by atoms with Gasteiger partial charge >= 0.3 is 0 Å². The molecule has 2 aromatic carbocycles. The number of anilines is 1. The van der Waals surface area contributed by atoms with Gasteiger partial charge in [-0.15, -0.1) is 0 Å². The van der Waals surface area contributed by atoms with Crippen LogP contribution in [-0.4, -0.2) is 41.6 Å². The van der Waals surface area contributed by atoms with Crippen molar-refractivity contribution in [2.45, 2.75) is 9.44 Å². The van der Waals surface area contributed by atoms with Crippen LogP contribution in [0.3, 0.4) is 0 Å². The molecule has 0 radical (unpaired) electrons. The largest absolute Gasteiger partial charge is 0.315 e. The first-order chi connectivity index (χ1) is 10.3. The first kappa shape index (κ1) is 16.4. The third-order valence-electron chi connectivity index (χ3n) is 3.69. The van der Waals surface area contributed by atoms with Crippen LogP contribution in [0.15, 0.2) is 65.6 Å². The molecule has 0 heterocycles. The maximum atomic E-state index is 12.8. The molecule has 0 saturated carbocycles. The first-order valence-electron chi connectivity index (χ1n) is 6.91. The molecule has 0 aromatic heterocycles. The van der Waals surface area contributed by atoms with Gasteiger partial charge in [0, 0.05) is 12.7 Å². The van der Waals surface area contributed by atoms with E-state index in [1.165, 1.54) is 32.7 Å². The molecule has 22 heavy (non-hydrogen) atoms. The Labute approximate surface area is 132 Å². The van der Waals surface area contributed by atoms with E-state index in [2.05, 4.69) is 0 Å². The molecule has 4 nitrogen and oxygen atoms in total. The van der Waals surface area contributed by atoms with Crippen molar-refractivity contribution >= 4 is 37.1 Å². The lowest BCUT2D eigenvalue weighted by Crippen LogP contribution is -2.54. The average Bonchev–Trinajstić information content (AvgIpc) is 2.54. The zero-order valence-corrected chi connectivity index (χ0v) is 13.7. The van der Waals surface area contributed by atoms with Crippen LogP contribution in [0.25, 0.3) is 0 Å². The Morgan fingerprint density at radius 2 is 1.41 bits per heavy atom. The van der Waals surface area contributed by atoms with Gasteiger partial charge in [-0.3, -0.25) is 4.79 Å². The lowest BCUT2D eigenvalue weighted by molar-refractivity contribution is -0.117. The zero-order valence-electron chi connectivity index (χ0n) is 12.9. The zero-order chi connectivity index (χ0) is 16.4. The maximum Gasteiger partial charge on any atom is 0.231 e. The summed E-state index contributed by atoms with van der Waals surface area (Å²) >= 11 is 0. The van der Waals surface area contributed by atoms with E-state index in [0.29, 0.717) is 5.69 Å². The van der Waals surface area contributed by atoms with E-state index in [1.807, 2.05) is 6.07 Å². The Morgan fingerprint density at radius 3 is 1.91 bits per heavy atom. The average molecular weight is 313 g/mol. The summed E-state index contributed by atoms with van der Waals surface area (Å²) in [5, 5.41) is 0. The number of rotatable bonds is 4. The summed E-state index contributed by atoms with van der Waals surface area (Å²) in [6.07, 6.45) is 0. The molecule has 0 fully saturated rings. The van der Waals surface area contributed by atoms with Gasteiger partial charge in [0.25, 0.3) is 0 Å². The van der Waals surface area contributed by atoms with Crippen LogP contribution in [0.2, 0.25) is 0 Å². The van der Waals surface area contributed by atoms with Gasteiger partial charge in [0.1, 0.15) is 15.7 Å². The topological polar surface area (TPSA) is 54.5 Å². The Balaban J connectivity index is 2.40. The normalized spacial score (nSPS) is 11.9. The molecule has 0 bridgehead atoms. The molecule has 0 aliphatic carbocycles. The minimum absolute atomic E-state index is 0.148. The number of carbonyl (C=O) groups is 1. The van der Waals surface area contributed by atoms with Crippen molar-refractivity contribution in [3.8, 4) is 0 Å². The van der Waals surface area contributed by atoms with Gasteiger partial charge in [-0.25, -0.2) is 8.42 Å². The first-order valence-corrected chi connectivity index (χ1v) is 8.39. The molecule has 0 aliphatic heterocycles. The van der Waals surface area contributed by atoms with E-state index in [1.54, 1.807) is 49.5 Å². The highest BCUT2D eigenvalue weighted by Crippen LogP contribution is 2.24. The number of hydrogen-bond acceptors (Lipinski definition) is 3. The fourth-order valence-electron chi connectivity index (χ4n) is 2.18. The van der Waals surface area contributed by atoms with E-state index in [4.69, 9.17) is 0 Å². The molecule has 0 unspecified atom stereocenters. The second kappa shape index (κ2) is 6.01. The van der Waals surface area contributed by atoms with Gasteiger partial charge < -0.3 is 4.90 Å². The number of carbonyl (C=O) groups excluding carboxylic acids is 1. The van der Waals surface area contributed by atoms with Crippen LogP contribution < -0.4 is 4.90 Å². The number of hydrogen-bond donors (Lipinski definition) is 0. The molecule has 7 heteroatoms. The molecular formula is C15H17B2NO3S. The molecule has 0 aliphatic rings. The van der Waals surface area contributed by atoms with Crippen LogP contribution in [0, 0.1) is 0 Å². The molecule has 2 aromatic rings. The van der Waals surface area contributed by atoms with E-state index in [0.717, 1.165) is 0 Å². The summed E-state index contributed by atoms with van der Waals surface area (Å²) in [5.41, 5.74) is 0.656. The van der Waals surface area contributed by atoms with Crippen LogP contribution in [0.5, 0.6) is 0 Å². The highest BCUT2D eigenvalue weighted by molar-refractivity contribution is 7.96. The van der Waals surface area contributed by atoms with Crippen molar-refractivity contribution in [2.75, 3.05) is 11.9 Å². The van der Waals surface area contributed by atoms with Crippen molar-refractivity contribution in [1.82, 2.24) is 0 Å². The summed E-state index contributed by atoms with van der Waals surface area (Å²) in [6, 6.07) is 17.0. The molecular weight excluding hydrogens is 296 g/mol. The maximum absolute atomic E-state index is 12.8. The van der Waals surface area contributed by atoms with Gasteiger partial charge in [-0.2, -0.15) is 0 Å². The monoisotopic (exact) mass is 313 g/mol. The van der Waals surface area contributed by atoms with Crippen molar-refractivity contribution in [1.29, 1.82) is 0 Å². The highest BCUT2D eigenvalue weighted by Gasteiger charge is 2.44. The van der Waals surface area contributed by atoms with Gasteiger partial charge in [0.15, 0.2) is 9.84 Å². The van der Waals surface area contributed by atoms with Crippen molar-refractivity contribution < 1.29 is 13.2 Å². The van der Waals surface area contributed by atoms with Gasteiger partial charge in [-0.1, -0.05) is 36.4 Å². The third kappa shape index (κ3) is 2.81.